The molecule has 12 rings (SSSR count). The number of carbonyl (C=O) groups is 12. The van der Waals surface area contributed by atoms with E-state index in [4.69, 9.17) is 56.4 Å². The van der Waals surface area contributed by atoms with Crippen LogP contribution in [0.15, 0.2) is 121 Å². The molecular formula is C115H159Cl4N13O12S4. The molecule has 0 bridgehead atoms. The molecule has 0 aliphatic heterocycles. The lowest BCUT2D eigenvalue weighted by Gasteiger charge is -2.32. The standard InChI is InChI=1S/C30H42ClN3O3S.C29H40ClN3O3S.C28H39ClN4O3S.C28H38ClN3O3S/c1-4-9-25(36)18-22(19-29-32-27-15-13-23(31)20-28(27)38-29)30(37)33-26(21-10-6-5-7-11-21)16-14-24(35)12-8-17-34(2)3;1-4-23(34)17-21(18-28-31-26-14-12-22(30)19-27(26)37-28)29(36)32-25(20-9-6-5-7-10-20)15-13-24(35)11-8-16-33(2)3;1-30-26(35)16-20(17-27-31-24-13-11-21(29)18-25(24)37-27)28(36)32-23(19-8-5-4-6-9-19)14-12-22(34)10-7-15-33(2)3;1-19(33)16-21(17-27-30-25-13-11-22(29)18-26(25)36-27)28(35)31-24(20-8-5-4-6-9-20)14-12-23(34)10-7-15-32(2)3/h8,12-13,15,20-22,26H,4-7,9-11,14,16-19H2,1-3H3,(H,33,37);8,11-12,14,19-21,25H,4-7,9-10,13,15-18H2,1-3H3,(H,32,36);7,10-11,13,18-20,23H,4-6,8-9,12,14-17H2,1-3H3,(H,30,35)(H,32,36);7,10-11,13,18,20-21,24H,4-6,8-9,12,14-17H2,1-3H3,(H,31,35)/b12-8+;11-8+;2*10-7+/t22-,26+;21-,25+;20-,23+;21-,24+/m0000/s1. The third-order valence-corrected chi connectivity index (χ3v) is 33.1. The average molecular weight is 2190 g/mol. The van der Waals surface area contributed by atoms with Gasteiger partial charge in [-0.25, -0.2) is 19.9 Å². The molecule has 0 saturated heterocycles. The highest BCUT2D eigenvalue weighted by molar-refractivity contribution is 7.19. The number of aromatic nitrogens is 4. The van der Waals surface area contributed by atoms with Gasteiger partial charge in [0.15, 0.2) is 23.1 Å². The molecule has 0 spiro atoms. The Hall–Kier alpha value is -8.56. The minimum atomic E-state index is -0.544. The van der Waals surface area contributed by atoms with Crippen LogP contribution in [0.5, 0.6) is 0 Å². The molecule has 0 radical (unpaired) electrons. The van der Waals surface area contributed by atoms with Gasteiger partial charge in [0.1, 0.15) is 17.3 Å². The van der Waals surface area contributed by atoms with Gasteiger partial charge in [0.25, 0.3) is 0 Å². The Labute approximate surface area is 913 Å². The number of nitrogens with zero attached hydrogens (tertiary/aromatic N) is 8. The molecule has 4 fully saturated rings. The Kier molecular flexibility index (Phi) is 54.6. The number of rotatable bonds is 55. The van der Waals surface area contributed by atoms with Crippen molar-refractivity contribution in [2.45, 2.75) is 295 Å². The highest BCUT2D eigenvalue weighted by Crippen LogP contribution is 2.38. The lowest BCUT2D eigenvalue weighted by Crippen LogP contribution is -2.45. The van der Waals surface area contributed by atoms with E-state index in [2.05, 4.69) is 36.6 Å². The van der Waals surface area contributed by atoms with Crippen LogP contribution in [0.4, 0.5) is 0 Å². The van der Waals surface area contributed by atoms with Gasteiger partial charge in [0.2, 0.25) is 29.5 Å². The second kappa shape index (κ2) is 65.7. The van der Waals surface area contributed by atoms with Gasteiger partial charge in [0.05, 0.1) is 84.6 Å². The van der Waals surface area contributed by atoms with Crippen molar-refractivity contribution in [2.75, 3.05) is 89.6 Å². The molecule has 8 aromatic rings. The Bertz CT molecular complexity index is 5570. The molecule has 4 aromatic heterocycles. The van der Waals surface area contributed by atoms with Crippen molar-refractivity contribution in [3.05, 3.63) is 162 Å². The second-order valence-electron chi connectivity index (χ2n) is 41.6. The minimum Gasteiger partial charge on any atom is -0.359 e. The summed E-state index contributed by atoms with van der Waals surface area (Å²) in [5, 5.41) is 21.7. The van der Waals surface area contributed by atoms with Crippen LogP contribution in [0.1, 0.15) is 266 Å². The summed E-state index contributed by atoms with van der Waals surface area (Å²) < 4.78 is 3.89. The van der Waals surface area contributed by atoms with Crippen molar-refractivity contribution in [1.82, 2.24) is 66.1 Å². The lowest BCUT2D eigenvalue weighted by molar-refractivity contribution is -0.131. The van der Waals surface area contributed by atoms with E-state index in [0.717, 1.165) is 190 Å². The predicted molar refractivity (Wildman–Crippen MR) is 607 cm³/mol. The van der Waals surface area contributed by atoms with Gasteiger partial charge in [-0.05, 0) is 268 Å². The van der Waals surface area contributed by atoms with Crippen molar-refractivity contribution in [2.24, 2.45) is 47.3 Å². The van der Waals surface area contributed by atoms with Crippen LogP contribution in [0.3, 0.4) is 0 Å². The van der Waals surface area contributed by atoms with Gasteiger partial charge in [-0.3, -0.25) is 52.7 Å². The van der Waals surface area contributed by atoms with Crippen molar-refractivity contribution < 1.29 is 57.5 Å². The highest BCUT2D eigenvalue weighted by atomic mass is 35.5. The second-order valence-corrected chi connectivity index (χ2v) is 47.8. The van der Waals surface area contributed by atoms with Gasteiger partial charge in [-0.1, -0.05) is 162 Å². The summed E-state index contributed by atoms with van der Waals surface area (Å²) in [7, 11) is 17.3. The molecule has 5 amide bonds. The number of halogens is 4. The van der Waals surface area contributed by atoms with Gasteiger partial charge in [-0.2, -0.15) is 0 Å². The van der Waals surface area contributed by atoms with Crippen LogP contribution < -0.4 is 26.6 Å². The van der Waals surface area contributed by atoms with Crippen LogP contribution in [0.2, 0.25) is 20.1 Å². The number of benzene rings is 4. The number of nitrogens with one attached hydrogen (secondary N) is 5. The maximum absolute atomic E-state index is 13.7. The number of fused-ring (bicyclic) bond motifs is 4. The van der Waals surface area contributed by atoms with E-state index >= 15 is 0 Å². The van der Waals surface area contributed by atoms with Crippen LogP contribution in [-0.4, -0.2) is 223 Å². The van der Waals surface area contributed by atoms with E-state index in [1.165, 1.54) is 78.0 Å². The molecule has 25 nitrogen and oxygen atoms in total. The SMILES string of the molecule is CC(=O)C[C@@H](Cc1nc2ccc(Cl)cc2s1)C(=O)N[C@H](CCC(=O)/C=C/CN(C)C)C1CCCCC1.CCC(=O)C[C@@H](Cc1nc2ccc(Cl)cc2s1)C(=O)N[C@H](CCC(=O)/C=C/CN(C)C)C1CCCCC1.CCCC(=O)C[C@@H](Cc1nc2ccc(Cl)cc2s1)C(=O)N[C@H](CCC(=O)/C=C/CN(C)C)C1CCCCC1.CNC(=O)C[C@@H](Cc1nc2ccc(Cl)cc2s1)C(=O)N[C@H](CCC(=O)/C=C/CN(C)C)C1CCCCC1. The van der Waals surface area contributed by atoms with Crippen molar-refractivity contribution >= 4 is 203 Å². The first-order valence-electron chi connectivity index (χ1n) is 53.5. The summed E-state index contributed by atoms with van der Waals surface area (Å²) in [5.41, 5.74) is 3.40. The molecule has 4 aliphatic rings. The number of allylic oxidation sites excluding steroid dienone is 4. The van der Waals surface area contributed by atoms with E-state index < -0.39 is 23.7 Å². The van der Waals surface area contributed by atoms with E-state index in [0.29, 0.717) is 140 Å². The Morgan fingerprint density at radius 3 is 0.818 bits per heavy atom. The number of thiazole rings is 4. The fourth-order valence-electron chi connectivity index (χ4n) is 19.9. The molecule has 4 saturated carbocycles. The topological polar surface area (TPSA) is 330 Å². The van der Waals surface area contributed by atoms with E-state index in [9.17, 15) is 57.5 Å². The molecule has 33 heteroatoms. The molecular weight excluding hydrogens is 2030 g/mol. The van der Waals surface area contributed by atoms with E-state index in [1.54, 1.807) is 43.5 Å². The summed E-state index contributed by atoms with van der Waals surface area (Å²) in [6, 6.07) is 22.0. The normalized spacial score (nSPS) is 16.3. The van der Waals surface area contributed by atoms with E-state index in [1.807, 2.05) is 175 Å². The van der Waals surface area contributed by atoms with Crippen LogP contribution >= 0.6 is 91.8 Å². The summed E-state index contributed by atoms with van der Waals surface area (Å²) in [4.78, 5) is 180. The maximum Gasteiger partial charge on any atom is 0.224 e. The van der Waals surface area contributed by atoms with E-state index in [-0.39, 0.29) is 120 Å². The van der Waals surface area contributed by atoms with Crippen LogP contribution in [0, 0.1) is 47.3 Å². The van der Waals surface area contributed by atoms with Crippen LogP contribution in [0.25, 0.3) is 40.9 Å². The minimum absolute atomic E-state index is 0.0188. The number of Topliss-reactive ketones (excluding diaryl/α,β-unsaturated/α-hetero) is 3. The molecule has 5 N–H and O–H groups in total. The summed E-state index contributed by atoms with van der Waals surface area (Å²) in [5.74, 6) is -0.711. The van der Waals surface area contributed by atoms with Crippen molar-refractivity contribution in [1.29, 1.82) is 0 Å². The molecule has 4 aromatic carbocycles. The molecule has 808 valence electrons. The Balaban J connectivity index is 0.000000219. The zero-order valence-electron chi connectivity index (χ0n) is 89.0. The van der Waals surface area contributed by atoms with Gasteiger partial charge in [-0.15, -0.1) is 45.3 Å². The number of likely N-dealkylation sites (N-methyl/N-ethyl adjacent to an activating group) is 4. The fraction of sp³-hybridized carbons (Fsp3) is 0.583. The largest absolute Gasteiger partial charge is 0.359 e. The zero-order chi connectivity index (χ0) is 107. The summed E-state index contributed by atoms with van der Waals surface area (Å²) >= 11 is 30.6. The first-order chi connectivity index (χ1) is 70.9. The Morgan fingerprint density at radius 2 is 0.588 bits per heavy atom. The third-order valence-electron chi connectivity index (χ3n) is 28.0. The van der Waals surface area contributed by atoms with Crippen molar-refractivity contribution in [3.63, 3.8) is 0 Å². The first-order valence-corrected chi connectivity index (χ1v) is 58.2. The van der Waals surface area contributed by atoms with Gasteiger partial charge >= 0.3 is 0 Å². The van der Waals surface area contributed by atoms with Crippen molar-refractivity contribution in [3.8, 4) is 0 Å². The highest BCUT2D eigenvalue weighted by Gasteiger charge is 2.37. The Morgan fingerprint density at radius 1 is 0.345 bits per heavy atom. The quantitative estimate of drug-likeness (QED) is 0.0221. The zero-order valence-corrected chi connectivity index (χ0v) is 95.3. The monoisotopic (exact) mass is 2180 g/mol. The molecule has 8 atom stereocenters. The smallest absolute Gasteiger partial charge is 0.224 e. The maximum atomic E-state index is 13.7. The molecule has 4 aliphatic carbocycles. The number of carbonyl (C=O) groups excluding carboxylic acids is 12. The number of hydrogen-bond acceptors (Lipinski definition) is 24. The van der Waals surface area contributed by atoms with Crippen LogP contribution in [-0.2, 0) is 83.2 Å². The number of ketones is 7. The number of amides is 5. The predicted octanol–water partition coefficient (Wildman–Crippen LogP) is 22.8. The third kappa shape index (κ3) is 45.0. The fourth-order valence-corrected chi connectivity index (χ4v) is 25.2. The molecule has 148 heavy (non-hydrogen) atoms. The average Bonchev–Trinajstić information content (AvgIpc) is 1.69. The number of hydrogen-bond donors (Lipinski definition) is 5. The molecule has 4 heterocycles. The first kappa shape index (κ1) is 123. The molecule has 0 unspecified atom stereocenters. The summed E-state index contributed by atoms with van der Waals surface area (Å²) in [6.07, 6.45) is 44.7. The van der Waals surface area contributed by atoms with Gasteiger partial charge in [0, 0.05) is 167 Å². The van der Waals surface area contributed by atoms with Gasteiger partial charge < -0.3 is 51.0 Å². The summed E-state index contributed by atoms with van der Waals surface area (Å²) in [6.45, 7) is 8.22. The lowest BCUT2D eigenvalue weighted by atomic mass is 9.81.